The molecule has 2 heterocycles. The van der Waals surface area contributed by atoms with E-state index in [-0.39, 0.29) is 5.91 Å². The van der Waals surface area contributed by atoms with Crippen molar-refractivity contribution in [2.75, 3.05) is 13.1 Å². The Morgan fingerprint density at radius 1 is 1.25 bits per heavy atom. The Morgan fingerprint density at radius 3 is 2.65 bits per heavy atom. The summed E-state index contributed by atoms with van der Waals surface area (Å²) < 4.78 is 6.67. The van der Waals surface area contributed by atoms with Crippen molar-refractivity contribution in [1.82, 2.24) is 4.90 Å². The average molecular weight is 336 g/mol. The summed E-state index contributed by atoms with van der Waals surface area (Å²) in [6.07, 6.45) is 1.19. The molecule has 2 atom stereocenters. The number of fused-ring (bicyclic) bond motifs is 1. The predicted molar refractivity (Wildman–Crippen MR) is 82.8 cm³/mol. The Kier molecular flexibility index (Phi) is 3.59. The highest BCUT2D eigenvalue weighted by molar-refractivity contribution is 9.10. The van der Waals surface area contributed by atoms with E-state index in [0.717, 1.165) is 28.5 Å². The molecule has 0 N–H and O–H groups in total. The second kappa shape index (κ2) is 5.24. The van der Waals surface area contributed by atoms with Crippen molar-refractivity contribution in [3.05, 3.63) is 34.5 Å². The maximum Gasteiger partial charge on any atom is 0.289 e. The number of carbonyl (C=O) groups excluding carboxylic acids is 1. The fraction of sp³-hybridized carbons (Fsp3) is 0.438. The van der Waals surface area contributed by atoms with Crippen molar-refractivity contribution >= 4 is 32.8 Å². The number of hydrogen-bond donors (Lipinski definition) is 0. The van der Waals surface area contributed by atoms with E-state index in [9.17, 15) is 4.79 Å². The fourth-order valence-corrected chi connectivity index (χ4v) is 3.44. The van der Waals surface area contributed by atoms with Crippen LogP contribution in [0.1, 0.15) is 30.8 Å². The summed E-state index contributed by atoms with van der Waals surface area (Å²) in [6, 6.07) is 7.65. The molecule has 1 aliphatic rings. The van der Waals surface area contributed by atoms with E-state index in [2.05, 4.69) is 29.8 Å². The van der Waals surface area contributed by atoms with Gasteiger partial charge in [-0.25, -0.2) is 0 Å². The van der Waals surface area contributed by atoms with Crippen LogP contribution in [0.2, 0.25) is 0 Å². The fourth-order valence-electron chi connectivity index (χ4n) is 3.09. The van der Waals surface area contributed by atoms with E-state index in [1.165, 1.54) is 6.42 Å². The van der Waals surface area contributed by atoms with Crippen LogP contribution in [0.25, 0.3) is 11.0 Å². The van der Waals surface area contributed by atoms with E-state index in [0.29, 0.717) is 17.6 Å². The molecule has 2 unspecified atom stereocenters. The lowest BCUT2D eigenvalue weighted by Crippen LogP contribution is -2.42. The van der Waals surface area contributed by atoms with Crippen LogP contribution in [0.4, 0.5) is 0 Å². The van der Waals surface area contributed by atoms with E-state index < -0.39 is 0 Å². The van der Waals surface area contributed by atoms with Gasteiger partial charge in [-0.3, -0.25) is 4.79 Å². The number of nitrogens with zero attached hydrogens (tertiary/aromatic N) is 1. The van der Waals surface area contributed by atoms with Gasteiger partial charge in [0.1, 0.15) is 5.58 Å². The number of amides is 1. The van der Waals surface area contributed by atoms with Crippen molar-refractivity contribution in [3.8, 4) is 0 Å². The molecule has 4 heteroatoms. The lowest BCUT2D eigenvalue weighted by Gasteiger charge is -2.34. The molecule has 3 rings (SSSR count). The average Bonchev–Trinajstić information content (AvgIpc) is 2.79. The van der Waals surface area contributed by atoms with Gasteiger partial charge in [0.25, 0.3) is 5.91 Å². The molecular formula is C16H18BrNO2. The zero-order chi connectivity index (χ0) is 14.3. The zero-order valence-electron chi connectivity index (χ0n) is 11.7. The van der Waals surface area contributed by atoms with E-state index in [1.807, 2.05) is 29.2 Å². The van der Waals surface area contributed by atoms with Gasteiger partial charge in [0.15, 0.2) is 5.76 Å². The quantitative estimate of drug-likeness (QED) is 0.777. The molecule has 0 saturated carbocycles. The number of carbonyl (C=O) groups is 1. The third-order valence-corrected chi connectivity index (χ3v) is 4.34. The van der Waals surface area contributed by atoms with E-state index >= 15 is 0 Å². The molecule has 0 spiro atoms. The minimum Gasteiger partial charge on any atom is -0.451 e. The molecule has 1 saturated heterocycles. The lowest BCUT2D eigenvalue weighted by molar-refractivity contribution is 0.0594. The maximum absolute atomic E-state index is 12.6. The molecule has 1 amide bonds. The molecule has 106 valence electrons. The van der Waals surface area contributed by atoms with Gasteiger partial charge < -0.3 is 9.32 Å². The highest BCUT2D eigenvalue weighted by Gasteiger charge is 2.27. The SMILES string of the molecule is CC1CC(C)CN(C(=O)c2cc3ccc(Br)cc3o2)C1. The second-order valence-corrected chi connectivity index (χ2v) is 6.86. The third-order valence-electron chi connectivity index (χ3n) is 3.85. The topological polar surface area (TPSA) is 33.5 Å². The van der Waals surface area contributed by atoms with Crippen LogP contribution in [-0.2, 0) is 0 Å². The van der Waals surface area contributed by atoms with E-state index in [1.54, 1.807) is 0 Å². The second-order valence-electron chi connectivity index (χ2n) is 5.95. The van der Waals surface area contributed by atoms with Crippen LogP contribution in [0, 0.1) is 11.8 Å². The van der Waals surface area contributed by atoms with Crippen LogP contribution in [0.3, 0.4) is 0 Å². The molecule has 0 bridgehead atoms. The molecule has 1 aliphatic heterocycles. The van der Waals surface area contributed by atoms with Crippen LogP contribution in [0.15, 0.2) is 33.2 Å². The Balaban J connectivity index is 1.88. The molecule has 1 fully saturated rings. The summed E-state index contributed by atoms with van der Waals surface area (Å²) in [4.78, 5) is 14.5. The molecule has 0 aliphatic carbocycles. The molecule has 1 aromatic heterocycles. The Bertz CT molecular complexity index is 639. The van der Waals surface area contributed by atoms with Crippen molar-refractivity contribution in [1.29, 1.82) is 0 Å². The van der Waals surface area contributed by atoms with Crippen LogP contribution >= 0.6 is 15.9 Å². The number of hydrogen-bond acceptors (Lipinski definition) is 2. The van der Waals surface area contributed by atoms with Gasteiger partial charge >= 0.3 is 0 Å². The summed E-state index contributed by atoms with van der Waals surface area (Å²) in [5.41, 5.74) is 0.751. The minimum atomic E-state index is 0.00993. The number of likely N-dealkylation sites (tertiary alicyclic amines) is 1. The van der Waals surface area contributed by atoms with Gasteiger partial charge in [0, 0.05) is 22.9 Å². The summed E-state index contributed by atoms with van der Waals surface area (Å²) >= 11 is 3.42. The maximum atomic E-state index is 12.6. The number of halogens is 1. The van der Waals surface area contributed by atoms with Crippen molar-refractivity contribution in [3.63, 3.8) is 0 Å². The van der Waals surface area contributed by atoms with Crippen LogP contribution < -0.4 is 0 Å². The number of benzene rings is 1. The predicted octanol–water partition coefficient (Wildman–Crippen LogP) is 4.31. The zero-order valence-corrected chi connectivity index (χ0v) is 13.3. The Morgan fingerprint density at radius 2 is 1.95 bits per heavy atom. The normalized spacial score (nSPS) is 23.2. The number of rotatable bonds is 1. The Labute approximate surface area is 127 Å². The highest BCUT2D eigenvalue weighted by Crippen LogP contribution is 2.26. The van der Waals surface area contributed by atoms with Gasteiger partial charge in [0.2, 0.25) is 0 Å². The van der Waals surface area contributed by atoms with Gasteiger partial charge in [-0.2, -0.15) is 0 Å². The largest absolute Gasteiger partial charge is 0.451 e. The third kappa shape index (κ3) is 2.62. The monoisotopic (exact) mass is 335 g/mol. The van der Waals surface area contributed by atoms with Crippen LogP contribution in [-0.4, -0.2) is 23.9 Å². The molecule has 3 nitrogen and oxygen atoms in total. The molecule has 0 radical (unpaired) electrons. The Hall–Kier alpha value is -1.29. The van der Waals surface area contributed by atoms with Crippen molar-refractivity contribution < 1.29 is 9.21 Å². The lowest BCUT2D eigenvalue weighted by atomic mass is 9.92. The summed E-state index contributed by atoms with van der Waals surface area (Å²) in [6.45, 7) is 6.05. The van der Waals surface area contributed by atoms with Gasteiger partial charge in [0.05, 0.1) is 0 Å². The van der Waals surface area contributed by atoms with Gasteiger partial charge in [-0.05, 0) is 42.5 Å². The van der Waals surface area contributed by atoms with Gasteiger partial charge in [-0.1, -0.05) is 29.8 Å². The van der Waals surface area contributed by atoms with Crippen LogP contribution in [0.5, 0.6) is 0 Å². The minimum absolute atomic E-state index is 0.00993. The molecule has 2 aromatic rings. The first kappa shape index (κ1) is 13.7. The smallest absolute Gasteiger partial charge is 0.289 e. The summed E-state index contributed by atoms with van der Waals surface area (Å²) in [5.74, 6) is 1.57. The summed E-state index contributed by atoms with van der Waals surface area (Å²) in [7, 11) is 0. The first-order valence-corrected chi connectivity index (χ1v) is 7.80. The first-order chi connectivity index (χ1) is 9.52. The molecule has 1 aromatic carbocycles. The summed E-state index contributed by atoms with van der Waals surface area (Å²) in [5, 5.41) is 0.967. The van der Waals surface area contributed by atoms with Crippen molar-refractivity contribution in [2.45, 2.75) is 20.3 Å². The van der Waals surface area contributed by atoms with Crippen molar-refractivity contribution in [2.24, 2.45) is 11.8 Å². The van der Waals surface area contributed by atoms with Gasteiger partial charge in [-0.15, -0.1) is 0 Å². The molecule has 20 heavy (non-hydrogen) atoms. The van der Waals surface area contributed by atoms with E-state index in [4.69, 9.17) is 4.42 Å². The standard InChI is InChI=1S/C16H18BrNO2/c1-10-5-11(2)9-18(8-10)16(19)15-6-12-3-4-13(17)7-14(12)20-15/h3-4,6-7,10-11H,5,8-9H2,1-2H3. The number of furan rings is 1. The first-order valence-electron chi connectivity index (χ1n) is 7.01. The highest BCUT2D eigenvalue weighted by atomic mass is 79.9. The number of piperidine rings is 1. The molecular weight excluding hydrogens is 318 g/mol.